The molecule has 0 fully saturated rings. The SMILES string of the molecule is O=C(Cc1cccs1)NCCSCc1ccccc1Cl. The third-order valence-corrected chi connectivity index (χ3v) is 4.95. The van der Waals surface area contributed by atoms with E-state index < -0.39 is 0 Å². The Morgan fingerprint density at radius 1 is 1.25 bits per heavy atom. The molecule has 0 saturated carbocycles. The minimum absolute atomic E-state index is 0.0887. The molecule has 0 spiro atoms. The average molecular weight is 326 g/mol. The number of carbonyl (C=O) groups excluding carboxylic acids is 1. The number of thioether (sulfide) groups is 1. The van der Waals surface area contributed by atoms with Crippen LogP contribution in [0, 0.1) is 0 Å². The topological polar surface area (TPSA) is 29.1 Å². The molecular formula is C15H16ClNOS2. The molecule has 0 aliphatic rings. The lowest BCUT2D eigenvalue weighted by Gasteiger charge is -2.05. The van der Waals surface area contributed by atoms with Crippen LogP contribution in [-0.2, 0) is 17.0 Å². The van der Waals surface area contributed by atoms with E-state index in [1.165, 1.54) is 0 Å². The van der Waals surface area contributed by atoms with Gasteiger partial charge in [0, 0.05) is 28.0 Å². The van der Waals surface area contributed by atoms with Gasteiger partial charge in [-0.3, -0.25) is 4.79 Å². The van der Waals surface area contributed by atoms with Gasteiger partial charge in [0.05, 0.1) is 6.42 Å². The summed E-state index contributed by atoms with van der Waals surface area (Å²) in [5.41, 5.74) is 1.14. The molecule has 20 heavy (non-hydrogen) atoms. The smallest absolute Gasteiger partial charge is 0.225 e. The summed E-state index contributed by atoms with van der Waals surface area (Å²) in [7, 11) is 0. The molecule has 0 saturated heterocycles. The molecule has 0 radical (unpaired) electrons. The van der Waals surface area contributed by atoms with Gasteiger partial charge in [-0.15, -0.1) is 11.3 Å². The van der Waals surface area contributed by atoms with Crippen LogP contribution in [0.15, 0.2) is 41.8 Å². The summed E-state index contributed by atoms with van der Waals surface area (Å²) in [6.07, 6.45) is 0.479. The zero-order valence-electron chi connectivity index (χ0n) is 11.0. The number of rotatable bonds is 7. The highest BCUT2D eigenvalue weighted by Gasteiger charge is 2.03. The molecule has 2 rings (SSSR count). The van der Waals surface area contributed by atoms with Crippen molar-refractivity contribution in [3.63, 3.8) is 0 Å². The molecule has 0 atom stereocenters. The summed E-state index contributed by atoms with van der Waals surface area (Å²) < 4.78 is 0. The Bertz CT molecular complexity index is 543. The van der Waals surface area contributed by atoms with Crippen LogP contribution in [0.3, 0.4) is 0 Å². The average Bonchev–Trinajstić information content (AvgIpc) is 2.93. The van der Waals surface area contributed by atoms with Crippen molar-refractivity contribution < 1.29 is 4.79 Å². The maximum Gasteiger partial charge on any atom is 0.225 e. The molecule has 1 N–H and O–H groups in total. The maximum absolute atomic E-state index is 11.7. The minimum Gasteiger partial charge on any atom is -0.355 e. The van der Waals surface area contributed by atoms with Crippen molar-refractivity contribution in [2.75, 3.05) is 12.3 Å². The van der Waals surface area contributed by atoms with E-state index in [4.69, 9.17) is 11.6 Å². The Balaban J connectivity index is 1.60. The molecule has 0 unspecified atom stereocenters. The van der Waals surface area contributed by atoms with E-state index in [0.29, 0.717) is 13.0 Å². The van der Waals surface area contributed by atoms with E-state index >= 15 is 0 Å². The van der Waals surface area contributed by atoms with E-state index in [-0.39, 0.29) is 5.91 Å². The zero-order chi connectivity index (χ0) is 14.2. The Morgan fingerprint density at radius 2 is 2.10 bits per heavy atom. The molecule has 1 aromatic heterocycles. The highest BCUT2D eigenvalue weighted by molar-refractivity contribution is 7.98. The quantitative estimate of drug-likeness (QED) is 0.780. The standard InChI is InChI=1S/C15H16ClNOS2/c16-14-6-2-1-4-12(14)11-19-9-7-17-15(18)10-13-5-3-8-20-13/h1-6,8H,7,9-11H2,(H,17,18). The summed E-state index contributed by atoms with van der Waals surface area (Å²) in [4.78, 5) is 12.8. The summed E-state index contributed by atoms with van der Waals surface area (Å²) in [6, 6.07) is 11.8. The molecule has 2 nitrogen and oxygen atoms in total. The molecule has 0 aliphatic heterocycles. The fourth-order valence-electron chi connectivity index (χ4n) is 1.69. The molecule has 1 aromatic carbocycles. The Hall–Kier alpha value is -0.970. The van der Waals surface area contributed by atoms with Crippen LogP contribution < -0.4 is 5.32 Å². The first kappa shape index (κ1) is 15.4. The van der Waals surface area contributed by atoms with Crippen LogP contribution in [-0.4, -0.2) is 18.2 Å². The first-order valence-corrected chi connectivity index (χ1v) is 8.77. The molecule has 106 valence electrons. The number of nitrogens with one attached hydrogen (secondary N) is 1. The fraction of sp³-hybridized carbons (Fsp3) is 0.267. The highest BCUT2D eigenvalue weighted by atomic mass is 35.5. The van der Waals surface area contributed by atoms with E-state index in [0.717, 1.165) is 27.0 Å². The van der Waals surface area contributed by atoms with Crippen LogP contribution in [0.1, 0.15) is 10.4 Å². The van der Waals surface area contributed by atoms with Crippen molar-refractivity contribution in [3.05, 3.63) is 57.2 Å². The van der Waals surface area contributed by atoms with E-state index in [2.05, 4.69) is 5.32 Å². The van der Waals surface area contributed by atoms with Crippen molar-refractivity contribution in [1.29, 1.82) is 0 Å². The maximum atomic E-state index is 11.7. The lowest BCUT2D eigenvalue weighted by molar-refractivity contribution is -0.120. The lowest BCUT2D eigenvalue weighted by Crippen LogP contribution is -2.27. The second kappa shape index (κ2) is 8.35. The predicted octanol–water partition coefficient (Wildman–Crippen LogP) is 3.99. The molecule has 5 heteroatoms. The number of amides is 1. The monoisotopic (exact) mass is 325 g/mol. The van der Waals surface area contributed by atoms with Gasteiger partial charge in [0.1, 0.15) is 0 Å². The third-order valence-electron chi connectivity index (χ3n) is 2.70. The van der Waals surface area contributed by atoms with Crippen LogP contribution in [0.4, 0.5) is 0 Å². The van der Waals surface area contributed by atoms with Gasteiger partial charge < -0.3 is 5.32 Å². The number of thiophene rings is 1. The normalized spacial score (nSPS) is 10.4. The predicted molar refractivity (Wildman–Crippen MR) is 88.6 cm³/mol. The Labute approximate surface area is 132 Å². The van der Waals surface area contributed by atoms with Crippen molar-refractivity contribution in [2.24, 2.45) is 0 Å². The van der Waals surface area contributed by atoms with Crippen molar-refractivity contribution in [1.82, 2.24) is 5.32 Å². The van der Waals surface area contributed by atoms with Crippen LogP contribution in [0.25, 0.3) is 0 Å². The fourth-order valence-corrected chi connectivity index (χ4v) is 3.54. The van der Waals surface area contributed by atoms with E-state index in [1.807, 2.05) is 41.8 Å². The van der Waals surface area contributed by atoms with Crippen molar-refractivity contribution >= 4 is 40.6 Å². The van der Waals surface area contributed by atoms with Crippen molar-refractivity contribution in [3.8, 4) is 0 Å². The highest BCUT2D eigenvalue weighted by Crippen LogP contribution is 2.20. The van der Waals surface area contributed by atoms with E-state index in [1.54, 1.807) is 23.1 Å². The first-order chi connectivity index (χ1) is 9.75. The second-order valence-corrected chi connectivity index (χ2v) is 6.79. The number of benzene rings is 1. The van der Waals surface area contributed by atoms with Crippen molar-refractivity contribution in [2.45, 2.75) is 12.2 Å². The molecule has 2 aromatic rings. The summed E-state index contributed by atoms with van der Waals surface area (Å²) >= 11 is 9.47. The van der Waals surface area contributed by atoms with Gasteiger partial charge in [-0.05, 0) is 23.1 Å². The van der Waals surface area contributed by atoms with Gasteiger partial charge in [0.15, 0.2) is 0 Å². The first-order valence-electron chi connectivity index (χ1n) is 6.36. The number of halogens is 1. The van der Waals surface area contributed by atoms with Crippen LogP contribution in [0.5, 0.6) is 0 Å². The zero-order valence-corrected chi connectivity index (χ0v) is 13.4. The van der Waals surface area contributed by atoms with Gasteiger partial charge in [-0.25, -0.2) is 0 Å². The van der Waals surface area contributed by atoms with Gasteiger partial charge in [-0.1, -0.05) is 35.9 Å². The Kier molecular flexibility index (Phi) is 6.43. The minimum atomic E-state index is 0.0887. The number of hydrogen-bond acceptors (Lipinski definition) is 3. The molecule has 0 bridgehead atoms. The number of hydrogen-bond donors (Lipinski definition) is 1. The van der Waals surface area contributed by atoms with Gasteiger partial charge in [-0.2, -0.15) is 11.8 Å². The van der Waals surface area contributed by atoms with Gasteiger partial charge in [0.25, 0.3) is 0 Å². The van der Waals surface area contributed by atoms with Crippen LogP contribution in [0.2, 0.25) is 5.02 Å². The molecular weight excluding hydrogens is 310 g/mol. The molecule has 1 amide bonds. The van der Waals surface area contributed by atoms with Gasteiger partial charge >= 0.3 is 0 Å². The van der Waals surface area contributed by atoms with E-state index in [9.17, 15) is 4.79 Å². The second-order valence-electron chi connectivity index (χ2n) is 4.25. The number of carbonyl (C=O) groups is 1. The molecule has 1 heterocycles. The Morgan fingerprint density at radius 3 is 2.85 bits per heavy atom. The summed E-state index contributed by atoms with van der Waals surface area (Å²) in [5.74, 6) is 1.85. The summed E-state index contributed by atoms with van der Waals surface area (Å²) in [5, 5.41) is 5.73. The molecule has 0 aliphatic carbocycles. The van der Waals surface area contributed by atoms with Gasteiger partial charge in [0.2, 0.25) is 5.91 Å². The lowest BCUT2D eigenvalue weighted by atomic mass is 10.2. The third kappa shape index (κ3) is 5.19. The van der Waals surface area contributed by atoms with Crippen LogP contribution >= 0.6 is 34.7 Å². The largest absolute Gasteiger partial charge is 0.355 e. The summed E-state index contributed by atoms with van der Waals surface area (Å²) in [6.45, 7) is 0.694.